The molecule has 0 aliphatic carbocycles. The Morgan fingerprint density at radius 3 is 2.37 bits per heavy atom. The lowest BCUT2D eigenvalue weighted by atomic mass is 10.0. The van der Waals surface area contributed by atoms with Crippen LogP contribution in [0.4, 0.5) is 5.69 Å². The smallest absolute Gasteiger partial charge is 0.239 e. The topological polar surface area (TPSA) is 44.4 Å². The number of amides is 1. The number of hydrogen-bond donors (Lipinski definition) is 2. The molecule has 19 heavy (non-hydrogen) atoms. The summed E-state index contributed by atoms with van der Waals surface area (Å²) in [5.41, 5.74) is 0.964. The van der Waals surface area contributed by atoms with Crippen LogP contribution in [0.2, 0.25) is 0 Å². The molecule has 1 aromatic rings. The maximum atomic E-state index is 11.9. The number of para-hydroxylation sites is 1. The highest BCUT2D eigenvalue weighted by atomic mass is 16.2. The van der Waals surface area contributed by atoms with E-state index in [0.29, 0.717) is 12.5 Å². The van der Waals surface area contributed by atoms with E-state index in [2.05, 4.69) is 29.4 Å². The van der Waals surface area contributed by atoms with Gasteiger partial charge in [0.05, 0.1) is 6.54 Å². The number of rotatable bonds is 7. The summed E-state index contributed by atoms with van der Waals surface area (Å²) in [5.74, 6) is 0.451. The number of hydrogen-bond acceptors (Lipinski definition) is 3. The van der Waals surface area contributed by atoms with Gasteiger partial charge in [-0.2, -0.15) is 0 Å². The maximum Gasteiger partial charge on any atom is 0.239 e. The fourth-order valence-corrected chi connectivity index (χ4v) is 1.81. The zero-order valence-electron chi connectivity index (χ0n) is 12.3. The minimum absolute atomic E-state index is 0.0319. The van der Waals surface area contributed by atoms with Crippen LogP contribution in [0.3, 0.4) is 0 Å². The summed E-state index contributed by atoms with van der Waals surface area (Å²) in [6.45, 7) is 5.41. The Kier molecular flexibility index (Phi) is 6.36. The molecule has 0 radical (unpaired) electrons. The van der Waals surface area contributed by atoms with Crippen LogP contribution in [0.5, 0.6) is 0 Å². The molecular weight excluding hydrogens is 238 g/mol. The standard InChI is InChI=1S/C15H25N3O/c1-12(2)14(11-18(3)4)17-15(19)10-16-13-8-6-5-7-9-13/h5-9,12,14,16H,10-11H2,1-4H3,(H,17,19). The van der Waals surface area contributed by atoms with E-state index in [-0.39, 0.29) is 11.9 Å². The molecule has 0 aliphatic rings. The number of anilines is 1. The summed E-state index contributed by atoms with van der Waals surface area (Å²) in [4.78, 5) is 14.0. The Labute approximate surface area is 116 Å². The fourth-order valence-electron chi connectivity index (χ4n) is 1.81. The molecule has 0 fully saturated rings. The first-order valence-electron chi connectivity index (χ1n) is 6.72. The van der Waals surface area contributed by atoms with Gasteiger partial charge in [-0.25, -0.2) is 0 Å². The monoisotopic (exact) mass is 263 g/mol. The van der Waals surface area contributed by atoms with Gasteiger partial charge in [0.25, 0.3) is 0 Å². The molecule has 1 unspecified atom stereocenters. The number of likely N-dealkylation sites (N-methyl/N-ethyl adjacent to an activating group) is 1. The lowest BCUT2D eigenvalue weighted by molar-refractivity contribution is -0.120. The van der Waals surface area contributed by atoms with Gasteiger partial charge in [-0.1, -0.05) is 32.0 Å². The molecule has 0 aromatic heterocycles. The van der Waals surface area contributed by atoms with Gasteiger partial charge >= 0.3 is 0 Å². The van der Waals surface area contributed by atoms with Crippen molar-refractivity contribution in [2.45, 2.75) is 19.9 Å². The molecule has 4 heteroatoms. The summed E-state index contributed by atoms with van der Waals surface area (Å²) < 4.78 is 0. The van der Waals surface area contributed by atoms with Crippen LogP contribution in [-0.2, 0) is 4.79 Å². The van der Waals surface area contributed by atoms with Crippen molar-refractivity contribution >= 4 is 11.6 Å². The Morgan fingerprint density at radius 1 is 1.21 bits per heavy atom. The van der Waals surface area contributed by atoms with E-state index in [1.165, 1.54) is 0 Å². The second-order valence-corrected chi connectivity index (χ2v) is 5.40. The largest absolute Gasteiger partial charge is 0.376 e. The van der Waals surface area contributed by atoms with E-state index < -0.39 is 0 Å². The lowest BCUT2D eigenvalue weighted by Gasteiger charge is -2.25. The van der Waals surface area contributed by atoms with Crippen LogP contribution >= 0.6 is 0 Å². The predicted molar refractivity (Wildman–Crippen MR) is 80.3 cm³/mol. The highest BCUT2D eigenvalue weighted by Crippen LogP contribution is 2.05. The van der Waals surface area contributed by atoms with Crippen molar-refractivity contribution in [3.05, 3.63) is 30.3 Å². The van der Waals surface area contributed by atoms with Crippen molar-refractivity contribution in [3.8, 4) is 0 Å². The summed E-state index contributed by atoms with van der Waals surface area (Å²) in [7, 11) is 4.04. The van der Waals surface area contributed by atoms with Gasteiger partial charge in [-0.15, -0.1) is 0 Å². The van der Waals surface area contributed by atoms with Gasteiger partial charge in [-0.3, -0.25) is 4.79 Å². The predicted octanol–water partition coefficient (Wildman–Crippen LogP) is 1.80. The average molecular weight is 263 g/mol. The van der Waals surface area contributed by atoms with Gasteiger partial charge in [0.2, 0.25) is 5.91 Å². The van der Waals surface area contributed by atoms with Crippen molar-refractivity contribution in [1.29, 1.82) is 0 Å². The molecule has 1 amide bonds. The van der Waals surface area contributed by atoms with Gasteiger partial charge in [0, 0.05) is 18.3 Å². The molecule has 0 aliphatic heterocycles. The third-order valence-corrected chi connectivity index (χ3v) is 2.94. The third kappa shape index (κ3) is 6.25. The van der Waals surface area contributed by atoms with E-state index >= 15 is 0 Å². The van der Waals surface area contributed by atoms with E-state index in [1.807, 2.05) is 44.4 Å². The van der Waals surface area contributed by atoms with Crippen molar-refractivity contribution in [1.82, 2.24) is 10.2 Å². The number of carbonyl (C=O) groups is 1. The molecule has 0 heterocycles. The van der Waals surface area contributed by atoms with Crippen molar-refractivity contribution < 1.29 is 4.79 Å². The molecule has 106 valence electrons. The van der Waals surface area contributed by atoms with E-state index in [4.69, 9.17) is 0 Å². The molecule has 0 bridgehead atoms. The molecular formula is C15H25N3O. The molecule has 1 aromatic carbocycles. The van der Waals surface area contributed by atoms with Gasteiger partial charge in [0.1, 0.15) is 0 Å². The summed E-state index contributed by atoms with van der Waals surface area (Å²) >= 11 is 0. The van der Waals surface area contributed by atoms with Crippen LogP contribution in [0.15, 0.2) is 30.3 Å². The summed E-state index contributed by atoms with van der Waals surface area (Å²) in [6, 6.07) is 9.93. The van der Waals surface area contributed by atoms with Gasteiger partial charge in [-0.05, 0) is 32.1 Å². The molecule has 0 saturated carbocycles. The van der Waals surface area contributed by atoms with Gasteiger partial charge in [0.15, 0.2) is 0 Å². The first-order chi connectivity index (χ1) is 8.99. The van der Waals surface area contributed by atoms with Crippen LogP contribution in [0.1, 0.15) is 13.8 Å². The molecule has 1 atom stereocenters. The van der Waals surface area contributed by atoms with Crippen molar-refractivity contribution in [2.75, 3.05) is 32.5 Å². The highest BCUT2D eigenvalue weighted by Gasteiger charge is 2.16. The normalized spacial score (nSPS) is 12.5. The quantitative estimate of drug-likeness (QED) is 0.788. The highest BCUT2D eigenvalue weighted by molar-refractivity contribution is 5.81. The Hall–Kier alpha value is -1.55. The lowest BCUT2D eigenvalue weighted by Crippen LogP contribution is -2.46. The zero-order chi connectivity index (χ0) is 14.3. The molecule has 0 spiro atoms. The number of benzene rings is 1. The fraction of sp³-hybridized carbons (Fsp3) is 0.533. The summed E-state index contributed by atoms with van der Waals surface area (Å²) in [5, 5.41) is 6.19. The first-order valence-corrected chi connectivity index (χ1v) is 6.72. The van der Waals surface area contributed by atoms with Crippen LogP contribution in [0, 0.1) is 5.92 Å². The van der Waals surface area contributed by atoms with Crippen LogP contribution in [0.25, 0.3) is 0 Å². The molecule has 2 N–H and O–H groups in total. The van der Waals surface area contributed by atoms with E-state index in [9.17, 15) is 4.79 Å². The Balaban J connectivity index is 2.40. The van der Waals surface area contributed by atoms with E-state index in [1.54, 1.807) is 0 Å². The van der Waals surface area contributed by atoms with E-state index in [0.717, 1.165) is 12.2 Å². The Bertz CT molecular complexity index is 376. The molecule has 1 rings (SSSR count). The molecule has 4 nitrogen and oxygen atoms in total. The second-order valence-electron chi connectivity index (χ2n) is 5.40. The minimum atomic E-state index is 0.0319. The molecule has 0 saturated heterocycles. The SMILES string of the molecule is CC(C)C(CN(C)C)NC(=O)CNc1ccccc1. The second kappa shape index (κ2) is 7.79. The first kappa shape index (κ1) is 15.5. The van der Waals surface area contributed by atoms with Crippen molar-refractivity contribution in [3.63, 3.8) is 0 Å². The third-order valence-electron chi connectivity index (χ3n) is 2.94. The number of nitrogens with zero attached hydrogens (tertiary/aromatic N) is 1. The van der Waals surface area contributed by atoms with Crippen LogP contribution < -0.4 is 10.6 Å². The average Bonchev–Trinajstić information content (AvgIpc) is 2.36. The number of carbonyl (C=O) groups excluding carboxylic acids is 1. The minimum Gasteiger partial charge on any atom is -0.376 e. The zero-order valence-corrected chi connectivity index (χ0v) is 12.3. The maximum absolute atomic E-state index is 11.9. The summed E-state index contributed by atoms with van der Waals surface area (Å²) in [6.07, 6.45) is 0. The van der Waals surface area contributed by atoms with Gasteiger partial charge < -0.3 is 15.5 Å². The van der Waals surface area contributed by atoms with Crippen molar-refractivity contribution in [2.24, 2.45) is 5.92 Å². The van der Waals surface area contributed by atoms with Crippen LogP contribution in [-0.4, -0.2) is 44.0 Å². The Morgan fingerprint density at radius 2 is 1.84 bits per heavy atom. The number of nitrogens with one attached hydrogen (secondary N) is 2.